The molecule has 0 aliphatic heterocycles. The van der Waals surface area contributed by atoms with E-state index in [4.69, 9.17) is 0 Å². The number of benzene rings is 2. The lowest BCUT2D eigenvalue weighted by Gasteiger charge is -2.07. The number of hydrogen-bond acceptors (Lipinski definition) is 2. The molecule has 2 N–H and O–H groups in total. The van der Waals surface area contributed by atoms with E-state index in [1.165, 1.54) is 6.07 Å². The standard InChI is InChI=1S/C21H20FN3O2/c1-23-20(26)14-7-5-13(6-8-14)11-25-12-16(21(27)24-15-9-10-15)19-17(22)3-2-4-18(19)25/h2-8,12,15H,9-11H2,1H3,(H,23,26)(H,24,27). The molecule has 3 aromatic rings. The summed E-state index contributed by atoms with van der Waals surface area (Å²) in [5, 5.41) is 5.86. The predicted octanol–water partition coefficient (Wildman–Crippen LogP) is 3.08. The van der Waals surface area contributed by atoms with Gasteiger partial charge in [-0.05, 0) is 42.7 Å². The maximum absolute atomic E-state index is 14.5. The number of carbonyl (C=O) groups excluding carboxylic acids is 2. The Labute approximate surface area is 156 Å². The van der Waals surface area contributed by atoms with Gasteiger partial charge in [-0.2, -0.15) is 0 Å². The van der Waals surface area contributed by atoms with Crippen LogP contribution in [0, 0.1) is 5.82 Å². The zero-order chi connectivity index (χ0) is 19.0. The molecule has 0 radical (unpaired) electrons. The molecular weight excluding hydrogens is 345 g/mol. The molecule has 6 heteroatoms. The molecule has 1 fully saturated rings. The van der Waals surface area contributed by atoms with E-state index >= 15 is 0 Å². The highest BCUT2D eigenvalue weighted by atomic mass is 19.1. The summed E-state index contributed by atoms with van der Waals surface area (Å²) in [7, 11) is 1.59. The number of hydrogen-bond donors (Lipinski definition) is 2. The minimum atomic E-state index is -0.401. The summed E-state index contributed by atoms with van der Waals surface area (Å²) in [5.74, 6) is -0.780. The van der Waals surface area contributed by atoms with Gasteiger partial charge in [0.1, 0.15) is 5.82 Å². The zero-order valence-electron chi connectivity index (χ0n) is 15.0. The zero-order valence-corrected chi connectivity index (χ0v) is 15.0. The first-order valence-electron chi connectivity index (χ1n) is 8.96. The van der Waals surface area contributed by atoms with Gasteiger partial charge >= 0.3 is 0 Å². The van der Waals surface area contributed by atoms with Crippen molar-refractivity contribution in [3.05, 3.63) is 71.2 Å². The molecule has 1 aromatic heterocycles. The third-order valence-corrected chi connectivity index (χ3v) is 4.81. The van der Waals surface area contributed by atoms with E-state index in [1.807, 2.05) is 22.8 Å². The van der Waals surface area contributed by atoms with Crippen molar-refractivity contribution in [2.24, 2.45) is 0 Å². The second-order valence-corrected chi connectivity index (χ2v) is 6.83. The average Bonchev–Trinajstić information content (AvgIpc) is 3.41. The molecular formula is C21H20FN3O2. The number of rotatable bonds is 5. The van der Waals surface area contributed by atoms with Crippen LogP contribution in [-0.2, 0) is 6.54 Å². The average molecular weight is 365 g/mol. The first-order chi connectivity index (χ1) is 13.1. The fraction of sp³-hybridized carbons (Fsp3) is 0.238. The fourth-order valence-corrected chi connectivity index (χ4v) is 3.21. The topological polar surface area (TPSA) is 63.1 Å². The monoisotopic (exact) mass is 365 g/mol. The molecule has 2 amide bonds. The summed E-state index contributed by atoms with van der Waals surface area (Å²) < 4.78 is 16.3. The first-order valence-corrected chi connectivity index (χ1v) is 8.96. The van der Waals surface area contributed by atoms with Crippen molar-refractivity contribution in [2.75, 3.05) is 7.05 Å². The summed E-state index contributed by atoms with van der Waals surface area (Å²) in [6.07, 6.45) is 3.66. The van der Waals surface area contributed by atoms with Gasteiger partial charge in [0.25, 0.3) is 11.8 Å². The minimum Gasteiger partial charge on any atom is -0.355 e. The van der Waals surface area contributed by atoms with E-state index in [9.17, 15) is 14.0 Å². The van der Waals surface area contributed by atoms with Crippen LogP contribution in [-0.4, -0.2) is 29.5 Å². The van der Waals surface area contributed by atoms with E-state index in [0.29, 0.717) is 28.6 Å². The number of nitrogens with one attached hydrogen (secondary N) is 2. The molecule has 1 aliphatic rings. The normalized spacial score (nSPS) is 13.6. The quantitative estimate of drug-likeness (QED) is 0.730. The maximum Gasteiger partial charge on any atom is 0.253 e. The van der Waals surface area contributed by atoms with Gasteiger partial charge in [0.15, 0.2) is 0 Å². The Morgan fingerprint density at radius 2 is 1.85 bits per heavy atom. The third-order valence-electron chi connectivity index (χ3n) is 4.81. The van der Waals surface area contributed by atoms with Gasteiger partial charge in [0, 0.05) is 36.8 Å². The van der Waals surface area contributed by atoms with Crippen LogP contribution in [0.3, 0.4) is 0 Å². The molecule has 0 unspecified atom stereocenters. The highest BCUT2D eigenvalue weighted by Crippen LogP contribution is 2.27. The molecule has 1 aliphatic carbocycles. The molecule has 0 saturated heterocycles. The van der Waals surface area contributed by atoms with Gasteiger partial charge < -0.3 is 15.2 Å². The summed E-state index contributed by atoms with van der Waals surface area (Å²) in [6, 6.07) is 12.3. The van der Waals surface area contributed by atoms with Crippen molar-refractivity contribution in [3.8, 4) is 0 Å². The summed E-state index contributed by atoms with van der Waals surface area (Å²) in [6.45, 7) is 0.477. The third kappa shape index (κ3) is 3.43. The Hall–Kier alpha value is -3.15. The number of aromatic nitrogens is 1. The second-order valence-electron chi connectivity index (χ2n) is 6.83. The maximum atomic E-state index is 14.5. The first kappa shape index (κ1) is 17.3. The van der Waals surface area contributed by atoms with Gasteiger partial charge in [0.2, 0.25) is 0 Å². The van der Waals surface area contributed by atoms with Gasteiger partial charge in [0.05, 0.1) is 11.1 Å². The highest BCUT2D eigenvalue weighted by Gasteiger charge is 2.26. The summed E-state index contributed by atoms with van der Waals surface area (Å²) >= 11 is 0. The molecule has 1 heterocycles. The summed E-state index contributed by atoms with van der Waals surface area (Å²) in [5.41, 5.74) is 2.57. The molecule has 5 nitrogen and oxygen atoms in total. The van der Waals surface area contributed by atoms with E-state index in [-0.39, 0.29) is 17.9 Å². The van der Waals surface area contributed by atoms with Crippen LogP contribution in [0.4, 0.5) is 4.39 Å². The van der Waals surface area contributed by atoms with Crippen LogP contribution >= 0.6 is 0 Å². The summed E-state index contributed by atoms with van der Waals surface area (Å²) in [4.78, 5) is 24.2. The SMILES string of the molecule is CNC(=O)c1ccc(Cn2cc(C(=O)NC3CC3)c3c(F)cccc32)cc1. The van der Waals surface area contributed by atoms with Crippen LogP contribution < -0.4 is 10.6 Å². The van der Waals surface area contributed by atoms with Crippen LogP contribution in [0.2, 0.25) is 0 Å². The number of carbonyl (C=O) groups is 2. The van der Waals surface area contributed by atoms with E-state index in [2.05, 4.69) is 10.6 Å². The van der Waals surface area contributed by atoms with E-state index in [0.717, 1.165) is 18.4 Å². The van der Waals surface area contributed by atoms with Crippen molar-refractivity contribution in [3.63, 3.8) is 0 Å². The number of amides is 2. The van der Waals surface area contributed by atoms with Gasteiger partial charge in [-0.1, -0.05) is 18.2 Å². The molecule has 4 rings (SSSR count). The Bertz CT molecular complexity index is 1020. The van der Waals surface area contributed by atoms with Crippen molar-refractivity contribution in [2.45, 2.75) is 25.4 Å². The largest absolute Gasteiger partial charge is 0.355 e. The molecule has 0 spiro atoms. The molecule has 0 bridgehead atoms. The lowest BCUT2D eigenvalue weighted by Crippen LogP contribution is -2.25. The molecule has 138 valence electrons. The Kier molecular flexibility index (Phi) is 4.39. The smallest absolute Gasteiger partial charge is 0.253 e. The number of fused-ring (bicyclic) bond motifs is 1. The van der Waals surface area contributed by atoms with Gasteiger partial charge in [-0.3, -0.25) is 9.59 Å². The highest BCUT2D eigenvalue weighted by molar-refractivity contribution is 6.07. The number of halogens is 1. The van der Waals surface area contributed by atoms with Gasteiger partial charge in [-0.15, -0.1) is 0 Å². The van der Waals surface area contributed by atoms with Crippen molar-refractivity contribution >= 4 is 22.7 Å². The Morgan fingerprint density at radius 3 is 2.52 bits per heavy atom. The lowest BCUT2D eigenvalue weighted by molar-refractivity contribution is 0.0947. The van der Waals surface area contributed by atoms with Crippen LogP contribution in [0.1, 0.15) is 39.1 Å². The fourth-order valence-electron chi connectivity index (χ4n) is 3.21. The van der Waals surface area contributed by atoms with E-state index in [1.54, 1.807) is 31.4 Å². The number of nitrogens with zero attached hydrogens (tertiary/aromatic N) is 1. The molecule has 0 atom stereocenters. The Morgan fingerprint density at radius 1 is 1.11 bits per heavy atom. The van der Waals surface area contributed by atoms with E-state index < -0.39 is 5.82 Å². The van der Waals surface area contributed by atoms with Crippen LogP contribution in [0.25, 0.3) is 10.9 Å². The van der Waals surface area contributed by atoms with Gasteiger partial charge in [-0.25, -0.2) is 4.39 Å². The lowest BCUT2D eigenvalue weighted by atomic mass is 10.1. The van der Waals surface area contributed by atoms with Crippen molar-refractivity contribution in [1.82, 2.24) is 15.2 Å². The van der Waals surface area contributed by atoms with Crippen molar-refractivity contribution < 1.29 is 14.0 Å². The molecule has 1 saturated carbocycles. The minimum absolute atomic E-state index is 0.144. The Balaban J connectivity index is 1.68. The predicted molar refractivity (Wildman–Crippen MR) is 101 cm³/mol. The van der Waals surface area contributed by atoms with Crippen LogP contribution in [0.5, 0.6) is 0 Å². The second kappa shape index (κ2) is 6.87. The molecule has 27 heavy (non-hydrogen) atoms. The van der Waals surface area contributed by atoms with Crippen molar-refractivity contribution in [1.29, 1.82) is 0 Å². The molecule has 2 aromatic carbocycles. The van der Waals surface area contributed by atoms with Crippen LogP contribution in [0.15, 0.2) is 48.7 Å².